The third kappa shape index (κ3) is 5.12. The molecule has 0 unspecified atom stereocenters. The van der Waals surface area contributed by atoms with Gasteiger partial charge in [-0.25, -0.2) is 4.98 Å². The van der Waals surface area contributed by atoms with Gasteiger partial charge in [0, 0.05) is 37.0 Å². The first-order valence-electron chi connectivity index (χ1n) is 5.88. The second-order valence-electron chi connectivity index (χ2n) is 5.04. The molecule has 0 bridgehead atoms. The van der Waals surface area contributed by atoms with Gasteiger partial charge >= 0.3 is 5.69 Å². The summed E-state index contributed by atoms with van der Waals surface area (Å²) in [5.41, 5.74) is -0.0598. The van der Waals surface area contributed by atoms with Crippen LogP contribution in [-0.4, -0.2) is 30.2 Å². The molecule has 1 N–H and O–H groups in total. The lowest BCUT2D eigenvalue weighted by Gasteiger charge is -2.24. The van der Waals surface area contributed by atoms with Crippen LogP contribution in [-0.2, 0) is 4.74 Å². The molecule has 7 heteroatoms. The zero-order valence-electron chi connectivity index (χ0n) is 11.3. The quantitative estimate of drug-likeness (QED) is 0.613. The van der Waals surface area contributed by atoms with Gasteiger partial charge in [-0.15, -0.1) is 0 Å². The molecule has 0 saturated heterocycles. The maximum atomic E-state index is 11.0. The van der Waals surface area contributed by atoms with Crippen molar-refractivity contribution in [1.29, 1.82) is 0 Å². The Morgan fingerprint density at radius 2 is 2.26 bits per heavy atom. The van der Waals surface area contributed by atoms with Crippen LogP contribution in [0.15, 0.2) is 16.7 Å². The Labute approximate surface area is 120 Å². The molecule has 19 heavy (non-hydrogen) atoms. The molecule has 0 saturated carbocycles. The van der Waals surface area contributed by atoms with Crippen molar-refractivity contribution in [1.82, 2.24) is 4.98 Å². The molecule has 0 amide bonds. The lowest BCUT2D eigenvalue weighted by molar-refractivity contribution is -0.384. The summed E-state index contributed by atoms with van der Waals surface area (Å²) >= 11 is 3.18. The van der Waals surface area contributed by atoms with Gasteiger partial charge in [-0.1, -0.05) is 13.8 Å². The van der Waals surface area contributed by atoms with E-state index in [2.05, 4.69) is 40.1 Å². The number of ether oxygens (including phenoxy) is 1. The Balaban J connectivity index is 2.75. The van der Waals surface area contributed by atoms with Crippen molar-refractivity contribution >= 4 is 27.4 Å². The number of methoxy groups -OCH3 is 1. The van der Waals surface area contributed by atoms with E-state index in [-0.39, 0.29) is 11.1 Å². The highest BCUT2D eigenvalue weighted by Gasteiger charge is 2.21. The van der Waals surface area contributed by atoms with Crippen LogP contribution in [0.5, 0.6) is 0 Å². The molecule has 0 aliphatic rings. The number of hydrogen-bond acceptors (Lipinski definition) is 5. The van der Waals surface area contributed by atoms with Crippen LogP contribution in [0, 0.1) is 15.5 Å². The van der Waals surface area contributed by atoms with Crippen molar-refractivity contribution in [3.63, 3.8) is 0 Å². The molecule has 0 fully saturated rings. The van der Waals surface area contributed by atoms with E-state index in [4.69, 9.17) is 4.74 Å². The average Bonchev–Trinajstić information content (AvgIpc) is 2.35. The molecule has 0 aliphatic heterocycles. The van der Waals surface area contributed by atoms with Crippen molar-refractivity contribution in [3.8, 4) is 0 Å². The molecule has 0 radical (unpaired) electrons. The number of nitro groups is 1. The summed E-state index contributed by atoms with van der Waals surface area (Å²) in [6.07, 6.45) is 2.40. The van der Waals surface area contributed by atoms with Gasteiger partial charge < -0.3 is 10.1 Å². The van der Waals surface area contributed by atoms with Crippen molar-refractivity contribution in [2.45, 2.75) is 20.3 Å². The van der Waals surface area contributed by atoms with Crippen LogP contribution >= 0.6 is 15.9 Å². The van der Waals surface area contributed by atoms with E-state index in [1.54, 1.807) is 7.11 Å². The van der Waals surface area contributed by atoms with Gasteiger partial charge in [-0.05, 0) is 27.8 Å². The Morgan fingerprint density at radius 3 is 2.84 bits per heavy atom. The third-order valence-corrected chi connectivity index (χ3v) is 3.18. The van der Waals surface area contributed by atoms with Crippen LogP contribution in [0.25, 0.3) is 0 Å². The topological polar surface area (TPSA) is 77.3 Å². The predicted octanol–water partition coefficient (Wildman–Crippen LogP) is 3.23. The SMILES string of the molecule is COCCC(C)(C)CNc1ncc(Br)cc1[N+](=O)[O-]. The number of rotatable bonds is 7. The number of aromatic nitrogens is 1. The molecule has 1 aromatic rings. The van der Waals surface area contributed by atoms with Crippen molar-refractivity contribution in [2.75, 3.05) is 25.6 Å². The summed E-state index contributed by atoms with van der Waals surface area (Å²) in [4.78, 5) is 14.6. The number of halogens is 1. The second-order valence-corrected chi connectivity index (χ2v) is 5.95. The summed E-state index contributed by atoms with van der Waals surface area (Å²) in [6, 6.07) is 1.44. The average molecular weight is 332 g/mol. The predicted molar refractivity (Wildman–Crippen MR) is 77.4 cm³/mol. The van der Waals surface area contributed by atoms with E-state index < -0.39 is 4.92 Å². The summed E-state index contributed by atoms with van der Waals surface area (Å²) in [5, 5.41) is 14.0. The molecular formula is C12H18BrN3O3. The molecule has 1 aromatic heterocycles. The number of anilines is 1. The number of nitrogens with one attached hydrogen (secondary N) is 1. The highest BCUT2D eigenvalue weighted by atomic mass is 79.9. The highest BCUT2D eigenvalue weighted by molar-refractivity contribution is 9.10. The van der Waals surface area contributed by atoms with E-state index in [1.807, 2.05) is 0 Å². The first kappa shape index (κ1) is 15.8. The van der Waals surface area contributed by atoms with Gasteiger partial charge in [0.15, 0.2) is 0 Å². The zero-order chi connectivity index (χ0) is 14.5. The van der Waals surface area contributed by atoms with E-state index in [0.717, 1.165) is 6.42 Å². The maximum absolute atomic E-state index is 11.0. The monoisotopic (exact) mass is 331 g/mol. The molecule has 6 nitrogen and oxygen atoms in total. The van der Waals surface area contributed by atoms with Crippen LogP contribution in [0.1, 0.15) is 20.3 Å². The second kappa shape index (κ2) is 6.81. The molecular weight excluding hydrogens is 314 g/mol. The fourth-order valence-electron chi connectivity index (χ4n) is 1.49. The van der Waals surface area contributed by atoms with Crippen molar-refractivity contribution in [2.24, 2.45) is 5.41 Å². The van der Waals surface area contributed by atoms with Crippen LogP contribution < -0.4 is 5.32 Å². The molecule has 0 aliphatic carbocycles. The minimum atomic E-state index is -0.442. The largest absolute Gasteiger partial charge is 0.385 e. The van der Waals surface area contributed by atoms with E-state index in [1.165, 1.54) is 12.3 Å². The fourth-order valence-corrected chi connectivity index (χ4v) is 1.81. The van der Waals surface area contributed by atoms with Crippen LogP contribution in [0.3, 0.4) is 0 Å². The number of hydrogen-bond donors (Lipinski definition) is 1. The summed E-state index contributed by atoms with van der Waals surface area (Å²) < 4.78 is 5.64. The zero-order valence-corrected chi connectivity index (χ0v) is 12.9. The lowest BCUT2D eigenvalue weighted by atomic mass is 9.90. The van der Waals surface area contributed by atoms with Gasteiger partial charge in [0.1, 0.15) is 0 Å². The number of pyridine rings is 1. The third-order valence-electron chi connectivity index (χ3n) is 2.75. The maximum Gasteiger partial charge on any atom is 0.312 e. The van der Waals surface area contributed by atoms with E-state index in [9.17, 15) is 10.1 Å². The van der Waals surface area contributed by atoms with Gasteiger partial charge in [0.2, 0.25) is 5.82 Å². The van der Waals surface area contributed by atoms with E-state index in [0.29, 0.717) is 23.4 Å². The molecule has 1 heterocycles. The standard InChI is InChI=1S/C12H18BrN3O3/c1-12(2,4-5-19-3)8-15-11-10(16(17)18)6-9(13)7-14-11/h6-7H,4-5,8H2,1-3H3,(H,14,15). The van der Waals surface area contributed by atoms with Gasteiger partial charge in [0.25, 0.3) is 0 Å². The van der Waals surface area contributed by atoms with Crippen LogP contribution in [0.4, 0.5) is 11.5 Å². The van der Waals surface area contributed by atoms with Crippen molar-refractivity contribution < 1.29 is 9.66 Å². The number of nitrogens with zero attached hydrogens (tertiary/aromatic N) is 2. The summed E-state index contributed by atoms with van der Waals surface area (Å²) in [6.45, 7) is 5.39. The Morgan fingerprint density at radius 1 is 1.58 bits per heavy atom. The summed E-state index contributed by atoms with van der Waals surface area (Å²) in [7, 11) is 1.66. The molecule has 1 rings (SSSR count). The molecule has 0 aromatic carbocycles. The van der Waals surface area contributed by atoms with Gasteiger partial charge in [0.05, 0.1) is 4.92 Å². The normalized spacial score (nSPS) is 11.4. The first-order chi connectivity index (χ1) is 8.85. The lowest BCUT2D eigenvalue weighted by Crippen LogP contribution is -2.25. The highest BCUT2D eigenvalue weighted by Crippen LogP contribution is 2.27. The fraction of sp³-hybridized carbons (Fsp3) is 0.583. The van der Waals surface area contributed by atoms with Crippen LogP contribution in [0.2, 0.25) is 0 Å². The molecule has 106 valence electrons. The Hall–Kier alpha value is -1.21. The van der Waals surface area contributed by atoms with Crippen molar-refractivity contribution in [3.05, 3.63) is 26.9 Å². The summed E-state index contributed by atoms with van der Waals surface area (Å²) in [5.74, 6) is 0.290. The van der Waals surface area contributed by atoms with Gasteiger partial charge in [-0.3, -0.25) is 10.1 Å². The van der Waals surface area contributed by atoms with E-state index >= 15 is 0 Å². The minimum absolute atomic E-state index is 0.0291. The Bertz CT molecular complexity index is 452. The smallest absolute Gasteiger partial charge is 0.312 e. The van der Waals surface area contributed by atoms with Gasteiger partial charge in [-0.2, -0.15) is 0 Å². The minimum Gasteiger partial charge on any atom is -0.385 e. The molecule has 0 spiro atoms. The Kier molecular flexibility index (Phi) is 5.68. The molecule has 0 atom stereocenters. The first-order valence-corrected chi connectivity index (χ1v) is 6.68.